The zero-order chi connectivity index (χ0) is 19.0. The van der Waals surface area contributed by atoms with Crippen molar-refractivity contribution < 1.29 is 40.1 Å². The molecule has 0 spiro atoms. The van der Waals surface area contributed by atoms with Crippen molar-refractivity contribution in [3.8, 4) is 28.7 Å². The van der Waals surface area contributed by atoms with Crippen molar-refractivity contribution in [1.29, 1.82) is 0 Å². The van der Waals surface area contributed by atoms with E-state index < -0.39 is 24.1 Å². The van der Waals surface area contributed by atoms with Crippen LogP contribution in [0.25, 0.3) is 0 Å². The molecule has 26 heavy (non-hydrogen) atoms. The van der Waals surface area contributed by atoms with Crippen LogP contribution in [0.15, 0.2) is 28.7 Å². The van der Waals surface area contributed by atoms with Crippen LogP contribution in [0, 0.1) is 0 Å². The van der Waals surface area contributed by atoms with Gasteiger partial charge in [0.15, 0.2) is 17.6 Å². The molecule has 0 aromatic heterocycles. The Morgan fingerprint density at radius 3 is 2.38 bits per heavy atom. The summed E-state index contributed by atoms with van der Waals surface area (Å²) in [4.78, 5) is 0. The smallest absolute Gasteiger partial charge is 0.157 e. The monoisotopic (exact) mass is 428 g/mol. The van der Waals surface area contributed by atoms with Crippen molar-refractivity contribution in [2.45, 2.75) is 18.3 Å². The van der Waals surface area contributed by atoms with E-state index in [1.54, 1.807) is 0 Å². The Balaban J connectivity index is 2.11. The lowest BCUT2D eigenvalue weighted by molar-refractivity contribution is -0.108. The number of aromatic hydroxyl groups is 4. The molecule has 0 amide bonds. The van der Waals surface area contributed by atoms with E-state index in [-0.39, 0.29) is 46.2 Å². The normalized spacial score (nSPS) is 21.9. The topological polar surface area (TPSA) is 140 Å². The van der Waals surface area contributed by atoms with Gasteiger partial charge in [0.25, 0.3) is 0 Å². The first-order valence-electron chi connectivity index (χ1n) is 7.68. The lowest BCUT2D eigenvalue weighted by Crippen LogP contribution is -2.36. The zero-order valence-corrected chi connectivity index (χ0v) is 14.9. The van der Waals surface area contributed by atoms with Gasteiger partial charge in [-0.25, -0.2) is 0 Å². The molecule has 2 aromatic rings. The maximum Gasteiger partial charge on any atom is 0.157 e. The molecule has 3 rings (SSSR count). The van der Waals surface area contributed by atoms with Gasteiger partial charge >= 0.3 is 0 Å². The first kappa shape index (κ1) is 18.6. The average molecular weight is 429 g/mol. The molecule has 0 bridgehead atoms. The molecule has 0 radical (unpaired) electrons. The Hall–Kier alpha value is -2.20. The number of rotatable bonds is 4. The lowest BCUT2D eigenvalue weighted by atomic mass is 9.91. The Morgan fingerprint density at radius 1 is 1.00 bits per heavy atom. The summed E-state index contributed by atoms with van der Waals surface area (Å²) < 4.78 is 11.4. The highest BCUT2D eigenvalue weighted by molar-refractivity contribution is 9.10. The number of ether oxygens (including phenoxy) is 2. The Bertz CT molecular complexity index is 825. The van der Waals surface area contributed by atoms with Crippen LogP contribution in [0.2, 0.25) is 0 Å². The van der Waals surface area contributed by atoms with Gasteiger partial charge < -0.3 is 40.1 Å². The van der Waals surface area contributed by atoms with E-state index in [1.165, 1.54) is 18.2 Å². The summed E-state index contributed by atoms with van der Waals surface area (Å²) in [6.45, 7) is -0.406. The third-order valence-corrected chi connectivity index (χ3v) is 4.85. The molecule has 0 saturated heterocycles. The summed E-state index contributed by atoms with van der Waals surface area (Å²) in [5.41, 5.74) is 0.459. The van der Waals surface area contributed by atoms with Crippen LogP contribution in [-0.2, 0) is 4.74 Å². The number of phenols is 4. The predicted molar refractivity (Wildman–Crippen MR) is 92.4 cm³/mol. The summed E-state index contributed by atoms with van der Waals surface area (Å²) >= 11 is 3.18. The summed E-state index contributed by atoms with van der Waals surface area (Å²) in [6, 6.07) is 5.01. The van der Waals surface area contributed by atoms with Gasteiger partial charge in [0.1, 0.15) is 33.9 Å². The van der Waals surface area contributed by atoms with Gasteiger partial charge in [0, 0.05) is 6.07 Å². The Morgan fingerprint density at radius 2 is 1.73 bits per heavy atom. The van der Waals surface area contributed by atoms with Gasteiger partial charge in [-0.05, 0) is 33.6 Å². The zero-order valence-electron chi connectivity index (χ0n) is 13.3. The minimum absolute atomic E-state index is 0.0632. The number of benzene rings is 2. The van der Waals surface area contributed by atoms with Crippen LogP contribution in [0.4, 0.5) is 0 Å². The van der Waals surface area contributed by atoms with Crippen molar-refractivity contribution in [3.05, 3.63) is 39.9 Å². The molecule has 0 aliphatic carbocycles. The second-order valence-electron chi connectivity index (χ2n) is 5.76. The van der Waals surface area contributed by atoms with E-state index in [9.17, 15) is 25.5 Å². The molecular formula is C17H17BrO8. The first-order chi connectivity index (χ1) is 12.3. The minimum Gasteiger partial charge on any atom is -0.507 e. The minimum atomic E-state index is -1.31. The van der Waals surface area contributed by atoms with Crippen molar-refractivity contribution in [1.82, 2.24) is 0 Å². The summed E-state index contributed by atoms with van der Waals surface area (Å²) in [5, 5.41) is 59.1. The number of hydrogen-bond acceptors (Lipinski definition) is 8. The highest BCUT2D eigenvalue weighted by Gasteiger charge is 2.42. The molecule has 140 valence electrons. The predicted octanol–water partition coefficient (Wildman–Crippen LogP) is 1.82. The fourth-order valence-electron chi connectivity index (χ4n) is 2.88. The first-order valence-corrected chi connectivity index (χ1v) is 8.47. The maximum atomic E-state index is 10.7. The molecule has 1 heterocycles. The maximum absolute atomic E-state index is 10.7. The number of phenolic OH excluding ortho intramolecular Hbond substituents is 4. The highest BCUT2D eigenvalue weighted by atomic mass is 79.9. The summed E-state index contributed by atoms with van der Waals surface area (Å²) in [5.74, 6) is -1.27. The third kappa shape index (κ3) is 3.14. The number of halogens is 1. The standard InChI is InChI=1S/C17H17BrO8/c18-13-11(23)6-10(22)12-16(13)26-15(14(24)17(12)25-4-3-19)7-1-2-8(20)9(21)5-7/h1-2,5-6,14-15,17,19-24H,3-4H2/t14-,15+,17?/m0/s1. The van der Waals surface area contributed by atoms with E-state index in [2.05, 4.69) is 15.9 Å². The summed E-state index contributed by atoms with van der Waals surface area (Å²) in [7, 11) is 0. The molecule has 9 heteroatoms. The van der Waals surface area contributed by atoms with Gasteiger partial charge in [-0.3, -0.25) is 0 Å². The average Bonchev–Trinajstić information content (AvgIpc) is 2.61. The van der Waals surface area contributed by atoms with Crippen LogP contribution >= 0.6 is 15.9 Å². The van der Waals surface area contributed by atoms with Crippen LogP contribution in [0.1, 0.15) is 23.3 Å². The van der Waals surface area contributed by atoms with Crippen LogP contribution in [0.3, 0.4) is 0 Å². The van der Waals surface area contributed by atoms with E-state index in [0.29, 0.717) is 5.56 Å². The van der Waals surface area contributed by atoms with Crippen molar-refractivity contribution in [2.24, 2.45) is 0 Å². The number of fused-ring (bicyclic) bond motifs is 1. The number of aliphatic hydroxyl groups excluding tert-OH is 2. The van der Waals surface area contributed by atoms with Crippen LogP contribution in [0.5, 0.6) is 28.7 Å². The van der Waals surface area contributed by atoms with E-state index in [0.717, 1.165) is 6.07 Å². The fraction of sp³-hybridized carbons (Fsp3) is 0.294. The molecule has 1 aliphatic rings. The number of aliphatic hydroxyl groups is 2. The largest absolute Gasteiger partial charge is 0.507 e. The van der Waals surface area contributed by atoms with Crippen molar-refractivity contribution in [2.75, 3.05) is 13.2 Å². The van der Waals surface area contributed by atoms with Gasteiger partial charge in [-0.1, -0.05) is 6.07 Å². The van der Waals surface area contributed by atoms with Crippen molar-refractivity contribution >= 4 is 15.9 Å². The Kier molecular flexibility index (Phi) is 5.15. The molecule has 1 aliphatic heterocycles. The van der Waals surface area contributed by atoms with Gasteiger partial charge in [-0.2, -0.15) is 0 Å². The molecule has 8 nitrogen and oxygen atoms in total. The molecule has 0 saturated carbocycles. The third-order valence-electron chi connectivity index (χ3n) is 4.08. The molecule has 2 aromatic carbocycles. The Labute approximate surface area is 156 Å². The molecule has 3 atom stereocenters. The second kappa shape index (κ2) is 7.20. The summed E-state index contributed by atoms with van der Waals surface area (Å²) in [6.07, 6.45) is -3.40. The second-order valence-corrected chi connectivity index (χ2v) is 6.56. The van der Waals surface area contributed by atoms with Gasteiger partial charge in [-0.15, -0.1) is 0 Å². The van der Waals surface area contributed by atoms with Gasteiger partial charge in [0.05, 0.1) is 18.8 Å². The quantitative estimate of drug-likeness (QED) is 0.405. The van der Waals surface area contributed by atoms with Gasteiger partial charge in [0.2, 0.25) is 0 Å². The SMILES string of the molecule is OCCOC1c2c(O)cc(O)c(Br)c2O[C@H](c2ccc(O)c(O)c2)[C@@H]1O. The van der Waals surface area contributed by atoms with Crippen LogP contribution in [-0.4, -0.2) is 50.0 Å². The molecule has 0 fully saturated rings. The molecule has 6 N–H and O–H groups in total. The fourth-order valence-corrected chi connectivity index (χ4v) is 3.30. The van der Waals surface area contributed by atoms with E-state index >= 15 is 0 Å². The molecular weight excluding hydrogens is 412 g/mol. The van der Waals surface area contributed by atoms with E-state index in [1.807, 2.05) is 0 Å². The van der Waals surface area contributed by atoms with Crippen LogP contribution < -0.4 is 4.74 Å². The highest BCUT2D eigenvalue weighted by Crippen LogP contribution is 2.52. The van der Waals surface area contributed by atoms with Crippen molar-refractivity contribution in [3.63, 3.8) is 0 Å². The molecule has 1 unspecified atom stereocenters. The van der Waals surface area contributed by atoms with E-state index in [4.69, 9.17) is 14.6 Å². The number of hydrogen-bond donors (Lipinski definition) is 6. The lowest BCUT2D eigenvalue weighted by Gasteiger charge is -2.37.